The molecule has 0 amide bonds. The van der Waals surface area contributed by atoms with Gasteiger partial charge in [-0.3, -0.25) is 4.90 Å². The van der Waals surface area contributed by atoms with Crippen LogP contribution in [-0.2, 0) is 11.5 Å². The summed E-state index contributed by atoms with van der Waals surface area (Å²) in [6.45, 7) is 16.7. The van der Waals surface area contributed by atoms with E-state index in [4.69, 9.17) is 14.5 Å². The first-order valence-electron chi connectivity index (χ1n) is 13.5. The van der Waals surface area contributed by atoms with Crippen LogP contribution in [0.1, 0.15) is 50.8 Å². The predicted molar refractivity (Wildman–Crippen MR) is 154 cm³/mol. The first-order valence-corrected chi connectivity index (χ1v) is 17.2. The van der Waals surface area contributed by atoms with Crippen molar-refractivity contribution in [3.63, 3.8) is 0 Å². The maximum absolute atomic E-state index is 14.4. The molecule has 2 aromatic heterocycles. The summed E-state index contributed by atoms with van der Waals surface area (Å²) in [6.07, 6.45) is 3.64. The Labute approximate surface area is 227 Å². The van der Waals surface area contributed by atoms with Gasteiger partial charge in [-0.15, -0.1) is 0 Å². The molecule has 4 rings (SSSR count). The highest BCUT2D eigenvalue weighted by Crippen LogP contribution is 2.42. The van der Waals surface area contributed by atoms with Crippen LogP contribution in [0.3, 0.4) is 0 Å². The SMILES string of the molecule is COc1ccc(F)cc1-c1ccnc2c1c(C#N)c(C1CCN(C(C)(C)C)CC1)n2COCC[Si](C)(C)C. The van der Waals surface area contributed by atoms with E-state index in [1.54, 1.807) is 19.4 Å². The number of aromatic nitrogens is 2. The van der Waals surface area contributed by atoms with Gasteiger partial charge in [0, 0.05) is 49.0 Å². The first kappa shape index (κ1) is 28.3. The molecule has 0 N–H and O–H groups in total. The number of halogens is 1. The van der Waals surface area contributed by atoms with Crippen molar-refractivity contribution in [2.45, 2.75) is 77.5 Å². The Morgan fingerprint density at radius 1 is 1.13 bits per heavy atom. The van der Waals surface area contributed by atoms with Gasteiger partial charge in [0.05, 0.1) is 12.7 Å². The molecule has 1 aliphatic rings. The summed E-state index contributed by atoms with van der Waals surface area (Å²) in [4.78, 5) is 7.25. The fraction of sp³-hybridized carbons (Fsp3) is 0.533. The summed E-state index contributed by atoms with van der Waals surface area (Å²) in [5.41, 5.74) is 3.76. The minimum atomic E-state index is -1.25. The summed E-state index contributed by atoms with van der Waals surface area (Å²) in [6, 6.07) is 9.92. The standard InChI is InChI=1S/C30H41FN4O2Si/c1-30(2,3)34-14-11-21(12-15-34)28-25(19-32)27-23(24-18-22(31)8-9-26(24)36-4)10-13-33-29(27)35(28)20-37-16-17-38(5,6)7/h8-10,13,18,21H,11-12,14-17,20H2,1-7H3. The van der Waals surface area contributed by atoms with Crippen molar-refractivity contribution in [1.29, 1.82) is 5.26 Å². The third kappa shape index (κ3) is 5.95. The van der Waals surface area contributed by atoms with Gasteiger partial charge in [0.15, 0.2) is 0 Å². The van der Waals surface area contributed by atoms with Gasteiger partial charge >= 0.3 is 0 Å². The Kier molecular flexibility index (Phi) is 8.31. The van der Waals surface area contributed by atoms with Crippen molar-refractivity contribution in [1.82, 2.24) is 14.5 Å². The number of hydrogen-bond acceptors (Lipinski definition) is 5. The van der Waals surface area contributed by atoms with Gasteiger partial charge in [0.2, 0.25) is 0 Å². The van der Waals surface area contributed by atoms with Gasteiger partial charge < -0.3 is 14.0 Å². The smallest absolute Gasteiger partial charge is 0.143 e. The molecule has 38 heavy (non-hydrogen) atoms. The van der Waals surface area contributed by atoms with Crippen molar-refractivity contribution >= 4 is 19.1 Å². The van der Waals surface area contributed by atoms with Crippen LogP contribution >= 0.6 is 0 Å². The molecule has 6 nitrogen and oxygen atoms in total. The molecule has 0 saturated carbocycles. The van der Waals surface area contributed by atoms with E-state index in [9.17, 15) is 9.65 Å². The fourth-order valence-corrected chi connectivity index (χ4v) is 6.18. The van der Waals surface area contributed by atoms with E-state index in [1.165, 1.54) is 12.1 Å². The lowest BCUT2D eigenvalue weighted by Crippen LogP contribution is -2.46. The van der Waals surface area contributed by atoms with Crippen molar-refractivity contribution in [2.75, 3.05) is 26.8 Å². The highest BCUT2D eigenvalue weighted by molar-refractivity contribution is 6.76. The maximum atomic E-state index is 14.4. The number of likely N-dealkylation sites (tertiary alicyclic amines) is 1. The largest absolute Gasteiger partial charge is 0.496 e. The van der Waals surface area contributed by atoms with E-state index in [0.717, 1.165) is 48.6 Å². The molecule has 0 unspecified atom stereocenters. The summed E-state index contributed by atoms with van der Waals surface area (Å²) >= 11 is 0. The summed E-state index contributed by atoms with van der Waals surface area (Å²) in [5, 5.41) is 11.3. The molecular formula is C30H41FN4O2Si. The number of fused-ring (bicyclic) bond motifs is 1. The second-order valence-corrected chi connectivity index (χ2v) is 18.1. The second kappa shape index (κ2) is 11.2. The van der Waals surface area contributed by atoms with Crippen LogP contribution in [0.5, 0.6) is 5.75 Å². The lowest BCUT2D eigenvalue weighted by Gasteiger charge is -2.41. The van der Waals surface area contributed by atoms with Crippen LogP contribution in [0.2, 0.25) is 25.7 Å². The number of methoxy groups -OCH3 is 1. The quantitative estimate of drug-likeness (QED) is 0.229. The molecule has 0 spiro atoms. The third-order valence-electron chi connectivity index (χ3n) is 7.59. The number of pyridine rings is 1. The van der Waals surface area contributed by atoms with Crippen LogP contribution in [0.4, 0.5) is 4.39 Å². The molecule has 3 heterocycles. The van der Waals surface area contributed by atoms with Gasteiger partial charge in [-0.1, -0.05) is 19.6 Å². The molecule has 204 valence electrons. The number of rotatable bonds is 8. The molecule has 3 aromatic rings. The van der Waals surface area contributed by atoms with Gasteiger partial charge in [-0.2, -0.15) is 5.26 Å². The van der Waals surface area contributed by atoms with Crippen molar-refractivity contribution in [3.8, 4) is 22.9 Å². The highest BCUT2D eigenvalue weighted by atomic mass is 28.3. The van der Waals surface area contributed by atoms with E-state index < -0.39 is 8.07 Å². The molecule has 8 heteroatoms. The zero-order chi connectivity index (χ0) is 27.7. The van der Waals surface area contributed by atoms with Crippen molar-refractivity contribution < 1.29 is 13.9 Å². The molecular weight excluding hydrogens is 495 g/mol. The lowest BCUT2D eigenvalue weighted by atomic mass is 9.88. The lowest BCUT2D eigenvalue weighted by molar-refractivity contribution is 0.0804. The van der Waals surface area contributed by atoms with Crippen LogP contribution in [0, 0.1) is 17.1 Å². The highest BCUT2D eigenvalue weighted by Gasteiger charge is 2.33. The maximum Gasteiger partial charge on any atom is 0.143 e. The third-order valence-corrected chi connectivity index (χ3v) is 9.30. The number of nitrogens with zero attached hydrogens (tertiary/aromatic N) is 4. The Bertz CT molecular complexity index is 1330. The predicted octanol–water partition coefficient (Wildman–Crippen LogP) is 7.01. The Morgan fingerprint density at radius 3 is 2.45 bits per heavy atom. The zero-order valence-electron chi connectivity index (χ0n) is 23.9. The number of hydrogen-bond donors (Lipinski definition) is 0. The number of nitriles is 1. The average molecular weight is 537 g/mol. The van der Waals surface area contributed by atoms with E-state index in [1.807, 2.05) is 6.07 Å². The monoisotopic (exact) mass is 536 g/mol. The molecule has 0 bridgehead atoms. The molecule has 1 saturated heterocycles. The Balaban J connectivity index is 1.85. The first-order chi connectivity index (χ1) is 17.9. The summed E-state index contributed by atoms with van der Waals surface area (Å²) in [7, 11) is 0.327. The summed E-state index contributed by atoms with van der Waals surface area (Å²) < 4.78 is 28.3. The van der Waals surface area contributed by atoms with Gasteiger partial charge in [0.1, 0.15) is 30.0 Å². The van der Waals surface area contributed by atoms with E-state index in [0.29, 0.717) is 35.9 Å². The van der Waals surface area contributed by atoms with E-state index in [-0.39, 0.29) is 17.3 Å². The summed E-state index contributed by atoms with van der Waals surface area (Å²) in [5.74, 6) is 0.412. The number of benzene rings is 1. The minimum absolute atomic E-state index is 0.109. The molecule has 1 aromatic carbocycles. The van der Waals surface area contributed by atoms with E-state index >= 15 is 0 Å². The Hall–Kier alpha value is -2.73. The van der Waals surface area contributed by atoms with Crippen molar-refractivity contribution in [3.05, 3.63) is 47.5 Å². The van der Waals surface area contributed by atoms with Crippen molar-refractivity contribution in [2.24, 2.45) is 0 Å². The molecule has 1 fully saturated rings. The van der Waals surface area contributed by atoms with E-state index in [2.05, 4.69) is 55.9 Å². The van der Waals surface area contributed by atoms with Crippen LogP contribution < -0.4 is 4.74 Å². The number of ether oxygens (including phenoxy) is 2. The fourth-order valence-electron chi connectivity index (χ4n) is 5.42. The normalized spacial score (nSPS) is 15.7. The van der Waals surface area contributed by atoms with Crippen LogP contribution in [-0.4, -0.2) is 54.9 Å². The van der Waals surface area contributed by atoms with Gasteiger partial charge in [0.25, 0.3) is 0 Å². The molecule has 0 atom stereocenters. The number of piperidine rings is 1. The topological polar surface area (TPSA) is 63.3 Å². The van der Waals surface area contributed by atoms with Crippen LogP contribution in [0.25, 0.3) is 22.2 Å². The zero-order valence-corrected chi connectivity index (χ0v) is 24.9. The van der Waals surface area contributed by atoms with Crippen LogP contribution in [0.15, 0.2) is 30.5 Å². The average Bonchev–Trinajstić information content (AvgIpc) is 3.19. The molecule has 0 aliphatic carbocycles. The van der Waals surface area contributed by atoms with Gasteiger partial charge in [-0.25, -0.2) is 9.37 Å². The Morgan fingerprint density at radius 2 is 1.84 bits per heavy atom. The molecule has 0 radical (unpaired) electrons. The minimum Gasteiger partial charge on any atom is -0.496 e. The van der Waals surface area contributed by atoms with Gasteiger partial charge in [-0.05, 0) is 82.6 Å². The molecule has 1 aliphatic heterocycles. The second-order valence-electron chi connectivity index (χ2n) is 12.5.